The molecule has 0 saturated heterocycles. The van der Waals surface area contributed by atoms with Gasteiger partial charge in [-0.05, 0) is 35.3 Å². The molecule has 0 aliphatic carbocycles. The van der Waals surface area contributed by atoms with Crippen LogP contribution in [-0.2, 0) is 4.79 Å². The molecule has 0 bridgehead atoms. The number of fused-ring (bicyclic) bond motifs is 1. The van der Waals surface area contributed by atoms with Crippen LogP contribution in [0.1, 0.15) is 12.5 Å². The highest BCUT2D eigenvalue weighted by Gasteiger charge is 2.15. The van der Waals surface area contributed by atoms with E-state index in [4.69, 9.17) is 9.15 Å². The average Bonchev–Trinajstić information content (AvgIpc) is 3.21. The SMILES string of the molecule is COc1cc2occ(-c3ccc(-c4ccccc4)cc3)c2cc1/C(C)=C/C(=O)N(C)C. The van der Waals surface area contributed by atoms with Gasteiger partial charge in [0.25, 0.3) is 0 Å². The fraction of sp³-hybridized carbons (Fsp3) is 0.148. The standard InChI is InChI=1S/C27H25NO3/c1-18(14-27(29)28(2)3)22-15-23-24(17-31-26(23)16-25(22)30-4)21-12-10-20(11-13-21)19-8-6-5-7-9-19/h5-17H,1-4H3/b18-14+. The van der Waals surface area contributed by atoms with Gasteiger partial charge in [0.15, 0.2) is 0 Å². The lowest BCUT2D eigenvalue weighted by atomic mass is 9.97. The molecule has 0 saturated carbocycles. The number of ether oxygens (including phenoxy) is 1. The van der Waals surface area contributed by atoms with Crippen LogP contribution < -0.4 is 4.74 Å². The Bertz CT molecular complexity index is 1250. The number of amides is 1. The molecule has 0 atom stereocenters. The maximum atomic E-state index is 12.2. The van der Waals surface area contributed by atoms with E-state index >= 15 is 0 Å². The molecule has 0 aliphatic heterocycles. The molecular formula is C27H25NO3. The number of rotatable bonds is 5. The van der Waals surface area contributed by atoms with E-state index in [2.05, 4.69) is 36.4 Å². The Kier molecular flexibility index (Phi) is 5.63. The van der Waals surface area contributed by atoms with Crippen LogP contribution >= 0.6 is 0 Å². The van der Waals surface area contributed by atoms with Crippen molar-refractivity contribution in [2.45, 2.75) is 6.92 Å². The van der Waals surface area contributed by atoms with E-state index in [-0.39, 0.29) is 5.91 Å². The monoisotopic (exact) mass is 411 g/mol. The van der Waals surface area contributed by atoms with Gasteiger partial charge < -0.3 is 14.1 Å². The van der Waals surface area contributed by atoms with Crippen LogP contribution in [0.2, 0.25) is 0 Å². The molecule has 156 valence electrons. The summed E-state index contributed by atoms with van der Waals surface area (Å²) in [6.07, 6.45) is 3.40. The molecule has 4 aromatic rings. The minimum absolute atomic E-state index is 0.0661. The molecule has 31 heavy (non-hydrogen) atoms. The van der Waals surface area contributed by atoms with Crippen LogP contribution in [-0.4, -0.2) is 32.0 Å². The normalized spacial score (nSPS) is 11.5. The number of carbonyl (C=O) groups excluding carboxylic acids is 1. The summed E-state index contributed by atoms with van der Waals surface area (Å²) in [6, 6.07) is 22.7. The third kappa shape index (κ3) is 4.10. The minimum Gasteiger partial charge on any atom is -0.496 e. The van der Waals surface area contributed by atoms with Gasteiger partial charge in [-0.15, -0.1) is 0 Å². The summed E-state index contributed by atoms with van der Waals surface area (Å²) in [7, 11) is 5.09. The predicted octanol–water partition coefficient (Wildman–Crippen LogP) is 6.27. The highest BCUT2D eigenvalue weighted by atomic mass is 16.5. The Labute approximate surface area is 182 Å². The average molecular weight is 412 g/mol. The Morgan fingerprint density at radius 3 is 2.23 bits per heavy atom. The van der Waals surface area contributed by atoms with Gasteiger partial charge in [0.1, 0.15) is 11.3 Å². The molecule has 1 amide bonds. The topological polar surface area (TPSA) is 42.7 Å². The number of hydrogen-bond acceptors (Lipinski definition) is 3. The maximum Gasteiger partial charge on any atom is 0.246 e. The first-order valence-electron chi connectivity index (χ1n) is 10.1. The number of likely N-dealkylation sites (N-methyl/N-ethyl adjacent to an activating group) is 1. The van der Waals surface area contributed by atoms with Crippen LogP contribution in [0.3, 0.4) is 0 Å². The quantitative estimate of drug-likeness (QED) is 0.364. The van der Waals surface area contributed by atoms with Gasteiger partial charge >= 0.3 is 0 Å². The Balaban J connectivity index is 1.77. The molecule has 4 heteroatoms. The second kappa shape index (κ2) is 8.52. The van der Waals surface area contributed by atoms with Gasteiger partial charge in [-0.25, -0.2) is 0 Å². The summed E-state index contributed by atoms with van der Waals surface area (Å²) in [6.45, 7) is 1.92. The molecule has 0 fully saturated rings. The molecule has 0 N–H and O–H groups in total. The van der Waals surface area contributed by atoms with Crippen molar-refractivity contribution in [1.29, 1.82) is 0 Å². The summed E-state index contributed by atoms with van der Waals surface area (Å²) in [5, 5.41) is 0.980. The summed E-state index contributed by atoms with van der Waals surface area (Å²) < 4.78 is 11.4. The first-order valence-corrected chi connectivity index (χ1v) is 10.1. The highest BCUT2D eigenvalue weighted by Crippen LogP contribution is 2.38. The van der Waals surface area contributed by atoms with E-state index in [1.165, 1.54) is 11.1 Å². The van der Waals surface area contributed by atoms with Crippen molar-refractivity contribution < 1.29 is 13.9 Å². The number of nitrogens with zero attached hydrogens (tertiary/aromatic N) is 1. The van der Waals surface area contributed by atoms with E-state index in [0.717, 1.165) is 33.2 Å². The number of carbonyl (C=O) groups is 1. The van der Waals surface area contributed by atoms with Crippen LogP contribution in [0.25, 0.3) is 38.8 Å². The Morgan fingerprint density at radius 1 is 0.935 bits per heavy atom. The van der Waals surface area contributed by atoms with Gasteiger partial charge in [0.05, 0.1) is 13.4 Å². The van der Waals surface area contributed by atoms with Crippen molar-refractivity contribution >= 4 is 22.4 Å². The second-order valence-corrected chi connectivity index (χ2v) is 7.70. The summed E-state index contributed by atoms with van der Waals surface area (Å²) in [5.41, 5.74) is 6.88. The van der Waals surface area contributed by atoms with E-state index in [0.29, 0.717) is 5.75 Å². The van der Waals surface area contributed by atoms with E-state index in [9.17, 15) is 4.79 Å². The fourth-order valence-electron chi connectivity index (χ4n) is 3.62. The van der Waals surface area contributed by atoms with Crippen LogP contribution in [0, 0.1) is 0 Å². The molecule has 4 rings (SSSR count). The van der Waals surface area contributed by atoms with Crippen LogP contribution in [0.5, 0.6) is 5.75 Å². The van der Waals surface area contributed by atoms with Crippen molar-refractivity contribution in [3.05, 3.63) is 84.6 Å². The molecule has 0 aliphatic rings. The summed E-state index contributed by atoms with van der Waals surface area (Å²) >= 11 is 0. The first kappa shape index (κ1) is 20.5. The molecule has 0 spiro atoms. The predicted molar refractivity (Wildman–Crippen MR) is 126 cm³/mol. The lowest BCUT2D eigenvalue weighted by molar-refractivity contribution is -0.123. The molecule has 3 aromatic carbocycles. The van der Waals surface area contributed by atoms with Gasteiger partial charge in [0, 0.05) is 42.8 Å². The number of allylic oxidation sites excluding steroid dienone is 1. The molecule has 4 nitrogen and oxygen atoms in total. The zero-order valence-corrected chi connectivity index (χ0v) is 18.2. The largest absolute Gasteiger partial charge is 0.496 e. The van der Waals surface area contributed by atoms with Gasteiger partial charge in [-0.3, -0.25) is 4.79 Å². The Morgan fingerprint density at radius 2 is 1.58 bits per heavy atom. The van der Waals surface area contributed by atoms with Gasteiger partial charge in [0.2, 0.25) is 5.91 Å². The third-order valence-corrected chi connectivity index (χ3v) is 5.40. The van der Waals surface area contributed by atoms with Crippen molar-refractivity contribution in [2.75, 3.05) is 21.2 Å². The van der Waals surface area contributed by atoms with E-state index < -0.39 is 0 Å². The smallest absolute Gasteiger partial charge is 0.246 e. The molecular weight excluding hydrogens is 386 g/mol. The van der Waals surface area contributed by atoms with E-state index in [1.54, 1.807) is 38.4 Å². The van der Waals surface area contributed by atoms with Gasteiger partial charge in [-0.1, -0.05) is 54.6 Å². The first-order chi connectivity index (χ1) is 15.0. The third-order valence-electron chi connectivity index (χ3n) is 5.40. The Hall–Kier alpha value is -3.79. The molecule has 0 unspecified atom stereocenters. The molecule has 1 heterocycles. The van der Waals surface area contributed by atoms with Crippen molar-refractivity contribution in [3.8, 4) is 28.0 Å². The number of hydrogen-bond donors (Lipinski definition) is 0. The molecule has 0 radical (unpaired) electrons. The minimum atomic E-state index is -0.0661. The number of furan rings is 1. The number of benzene rings is 3. The number of methoxy groups -OCH3 is 1. The summed E-state index contributed by atoms with van der Waals surface area (Å²) in [5.74, 6) is 0.608. The van der Waals surface area contributed by atoms with Crippen LogP contribution in [0.15, 0.2) is 83.5 Å². The zero-order chi connectivity index (χ0) is 22.0. The van der Waals surface area contributed by atoms with Crippen molar-refractivity contribution in [2.24, 2.45) is 0 Å². The van der Waals surface area contributed by atoms with Crippen LogP contribution in [0.4, 0.5) is 0 Å². The lowest BCUT2D eigenvalue weighted by Crippen LogP contribution is -2.19. The fourth-order valence-corrected chi connectivity index (χ4v) is 3.62. The second-order valence-electron chi connectivity index (χ2n) is 7.70. The van der Waals surface area contributed by atoms with Crippen molar-refractivity contribution in [1.82, 2.24) is 4.90 Å². The maximum absolute atomic E-state index is 12.2. The van der Waals surface area contributed by atoms with E-state index in [1.807, 2.05) is 37.3 Å². The molecule has 1 aromatic heterocycles. The zero-order valence-electron chi connectivity index (χ0n) is 18.2. The lowest BCUT2D eigenvalue weighted by Gasteiger charge is -2.12. The summed E-state index contributed by atoms with van der Waals surface area (Å²) in [4.78, 5) is 13.7. The van der Waals surface area contributed by atoms with Gasteiger partial charge in [-0.2, -0.15) is 0 Å². The van der Waals surface area contributed by atoms with Crippen molar-refractivity contribution in [3.63, 3.8) is 0 Å². The highest BCUT2D eigenvalue weighted by molar-refractivity contribution is 6.00.